The van der Waals surface area contributed by atoms with E-state index < -0.39 is 17.4 Å². The smallest absolute Gasteiger partial charge is 0.255 e. The van der Waals surface area contributed by atoms with Crippen molar-refractivity contribution in [3.63, 3.8) is 0 Å². The first-order valence-corrected chi connectivity index (χ1v) is 16.9. The van der Waals surface area contributed by atoms with Gasteiger partial charge in [-0.1, -0.05) is 151 Å². The van der Waals surface area contributed by atoms with Gasteiger partial charge in [0.25, 0.3) is 0 Å². The number of hydrogen-bond acceptors (Lipinski definition) is 5. The van der Waals surface area contributed by atoms with Gasteiger partial charge in [-0.2, -0.15) is 18.3 Å². The number of alkyl halides is 3. The second kappa shape index (κ2) is 16.8. The number of rotatable bonds is 8. The van der Waals surface area contributed by atoms with Crippen molar-refractivity contribution in [3.05, 3.63) is 209 Å². The molecule has 0 fully saturated rings. The second-order valence-electron chi connectivity index (χ2n) is 12.4. The molecule has 0 spiro atoms. The van der Waals surface area contributed by atoms with Crippen LogP contribution in [0.1, 0.15) is 39.2 Å². The molecule has 0 saturated heterocycles. The van der Waals surface area contributed by atoms with E-state index in [-0.39, 0.29) is 26.9 Å². The van der Waals surface area contributed by atoms with Gasteiger partial charge in [-0.05, 0) is 52.4 Å². The van der Waals surface area contributed by atoms with Crippen molar-refractivity contribution in [2.24, 2.45) is 0 Å². The van der Waals surface area contributed by atoms with E-state index in [1.165, 1.54) is 34.0 Å². The molecular weight excluding hydrogens is 867 g/mol. The van der Waals surface area contributed by atoms with E-state index in [4.69, 9.17) is 0 Å². The third-order valence-electron chi connectivity index (χ3n) is 8.86. The molecule has 11 heteroatoms. The third kappa shape index (κ3) is 8.29. The number of aromatic nitrogens is 7. The van der Waals surface area contributed by atoms with Gasteiger partial charge in [0.1, 0.15) is 11.4 Å². The molecular formula is C43H34F3N7Pt+2. The van der Waals surface area contributed by atoms with Crippen molar-refractivity contribution in [1.29, 1.82) is 0 Å². The molecule has 0 bridgehead atoms. The van der Waals surface area contributed by atoms with Crippen LogP contribution < -0.4 is 0 Å². The summed E-state index contributed by atoms with van der Waals surface area (Å²) in [7, 11) is 0. The summed E-state index contributed by atoms with van der Waals surface area (Å²) in [6.45, 7) is 2.51. The van der Waals surface area contributed by atoms with Crippen LogP contribution in [0.5, 0.6) is 0 Å². The van der Waals surface area contributed by atoms with Crippen molar-refractivity contribution < 1.29 is 34.2 Å². The molecule has 0 aliphatic rings. The van der Waals surface area contributed by atoms with Crippen molar-refractivity contribution in [2.45, 2.75) is 25.1 Å². The Hall–Kier alpha value is -5.99. The average molecular weight is 901 g/mol. The minimum Gasteiger partial charge on any atom is -0.255 e. The van der Waals surface area contributed by atoms with Crippen LogP contribution in [0.15, 0.2) is 170 Å². The zero-order valence-electron chi connectivity index (χ0n) is 29.0. The number of aryl methyl sites for hydroxylation is 1. The van der Waals surface area contributed by atoms with Gasteiger partial charge < -0.3 is 0 Å². The number of aromatic amines is 1. The molecule has 270 valence electrons. The molecule has 3 heterocycles. The minimum absolute atomic E-state index is 0. The first-order valence-electron chi connectivity index (χ1n) is 16.9. The molecule has 1 N–H and O–H groups in total. The van der Waals surface area contributed by atoms with Gasteiger partial charge in [-0.3, -0.25) is 10.1 Å². The molecule has 0 radical (unpaired) electrons. The summed E-state index contributed by atoms with van der Waals surface area (Å²) < 4.78 is 38.6. The second-order valence-corrected chi connectivity index (χ2v) is 12.4. The van der Waals surface area contributed by atoms with Gasteiger partial charge in [0.05, 0.1) is 18.2 Å². The normalized spacial score (nSPS) is 11.3. The molecule has 8 aromatic rings. The van der Waals surface area contributed by atoms with Crippen LogP contribution in [0.3, 0.4) is 0 Å². The Kier molecular flexibility index (Phi) is 11.7. The Balaban J connectivity index is 0.000000246. The fourth-order valence-corrected chi connectivity index (χ4v) is 6.40. The third-order valence-corrected chi connectivity index (χ3v) is 8.86. The zero-order chi connectivity index (χ0) is 36.7. The monoisotopic (exact) mass is 900 g/mol. The number of H-pyrrole nitrogens is 1. The van der Waals surface area contributed by atoms with Gasteiger partial charge in [0, 0.05) is 11.8 Å². The van der Waals surface area contributed by atoms with E-state index in [2.05, 4.69) is 153 Å². The largest absolute Gasteiger partial charge is 2.00 e. The predicted molar refractivity (Wildman–Crippen MR) is 199 cm³/mol. The summed E-state index contributed by atoms with van der Waals surface area (Å²) in [6.07, 6.45) is -1.01. The van der Waals surface area contributed by atoms with Gasteiger partial charge in [-0.25, -0.2) is 9.67 Å². The van der Waals surface area contributed by atoms with Crippen LogP contribution in [0.4, 0.5) is 13.2 Å². The summed E-state index contributed by atoms with van der Waals surface area (Å²) in [5.41, 5.74) is 8.75. The van der Waals surface area contributed by atoms with E-state index in [0.29, 0.717) is 12.2 Å². The molecule has 5 aromatic carbocycles. The molecule has 0 atom stereocenters. The summed E-state index contributed by atoms with van der Waals surface area (Å²) >= 11 is 0. The van der Waals surface area contributed by atoms with Crippen LogP contribution in [0.25, 0.3) is 22.8 Å². The molecule has 54 heavy (non-hydrogen) atoms. The van der Waals surface area contributed by atoms with Crippen LogP contribution in [0.2, 0.25) is 0 Å². The van der Waals surface area contributed by atoms with Gasteiger partial charge in [0.2, 0.25) is 5.82 Å². The van der Waals surface area contributed by atoms with Crippen LogP contribution in [-0.2, 0) is 39.2 Å². The van der Waals surface area contributed by atoms with Crippen molar-refractivity contribution >= 4 is 0 Å². The Labute approximate surface area is 325 Å². The van der Waals surface area contributed by atoms with Gasteiger partial charge in [-0.15, -0.1) is 5.10 Å². The number of halogens is 3. The minimum atomic E-state index is -4.52. The fraction of sp³-hybridized carbons (Fsp3) is 0.0930. The molecule has 0 aliphatic carbocycles. The first-order chi connectivity index (χ1) is 25.8. The van der Waals surface area contributed by atoms with E-state index in [1.54, 1.807) is 12.1 Å². The topological polar surface area (TPSA) is 85.2 Å². The number of nitrogens with zero attached hydrogens (tertiary/aromatic N) is 6. The van der Waals surface area contributed by atoms with Crippen molar-refractivity contribution in [1.82, 2.24) is 35.2 Å². The number of hydrogen-bond donors (Lipinski definition) is 1. The number of benzene rings is 5. The molecule has 0 aliphatic heterocycles. The molecule has 0 unspecified atom stereocenters. The van der Waals surface area contributed by atoms with Crippen LogP contribution in [-0.4, -0.2) is 35.2 Å². The zero-order valence-corrected chi connectivity index (χ0v) is 31.3. The first kappa shape index (κ1) is 37.8. The van der Waals surface area contributed by atoms with E-state index in [9.17, 15) is 13.2 Å². The van der Waals surface area contributed by atoms with Crippen LogP contribution >= 0.6 is 0 Å². The van der Waals surface area contributed by atoms with E-state index >= 15 is 0 Å². The Morgan fingerprint density at radius 3 is 1.65 bits per heavy atom. The fourth-order valence-electron chi connectivity index (χ4n) is 6.40. The Morgan fingerprint density at radius 1 is 0.630 bits per heavy atom. The molecule has 0 amide bonds. The van der Waals surface area contributed by atoms with Crippen molar-refractivity contribution in [3.8, 4) is 22.8 Å². The summed E-state index contributed by atoms with van der Waals surface area (Å²) in [5.74, 6) is -1.18. The SMILES string of the molecule is Cc1ccnc(-c2n[nH]c(C(F)(F)F)n2)c1.[Pt+2].c1ccc(Cn2cc(-c3ccc(C(c4ccccc4)(c4ccccc4)c4ccccc4)cc3)nn2)cc1. The quantitative estimate of drug-likeness (QED) is 0.154. The summed E-state index contributed by atoms with van der Waals surface area (Å²) in [6, 6.07) is 54.8. The molecule has 7 nitrogen and oxygen atoms in total. The van der Waals surface area contributed by atoms with Crippen LogP contribution in [0, 0.1) is 6.92 Å². The van der Waals surface area contributed by atoms with E-state index in [0.717, 1.165) is 16.8 Å². The maximum atomic E-state index is 12.2. The maximum Gasteiger partial charge on any atom is 2.00 e. The molecule has 8 rings (SSSR count). The maximum absolute atomic E-state index is 12.2. The Morgan fingerprint density at radius 2 is 1.15 bits per heavy atom. The average Bonchev–Trinajstić information content (AvgIpc) is 3.89. The standard InChI is InChI=1S/C34H27N3.C9H7F3N4.Pt/c1-5-13-27(14-6-1)25-37-26-33(35-36-37)28-21-23-32(24-22-28)34(29-15-7-2-8-16-29,30-17-9-3-10-18-30)31-19-11-4-12-20-31;1-5-2-3-13-6(4-5)7-14-8(16-15-7)9(10,11)12;/h1-24,26H,25H2;2-4H,1H3,(H,14,15,16);/q;;+2. The van der Waals surface area contributed by atoms with Gasteiger partial charge >= 0.3 is 27.2 Å². The number of pyridine rings is 1. The molecule has 0 saturated carbocycles. The van der Waals surface area contributed by atoms with Crippen molar-refractivity contribution in [2.75, 3.05) is 0 Å². The number of nitrogens with one attached hydrogen (secondary N) is 1. The predicted octanol–water partition coefficient (Wildman–Crippen LogP) is 9.57. The Bertz CT molecular complexity index is 2270. The summed E-state index contributed by atoms with van der Waals surface area (Å²) in [5, 5.41) is 14.1. The van der Waals surface area contributed by atoms with Gasteiger partial charge in [0.15, 0.2) is 5.82 Å². The van der Waals surface area contributed by atoms with E-state index in [1.807, 2.05) is 41.1 Å². The summed E-state index contributed by atoms with van der Waals surface area (Å²) in [4.78, 5) is 7.23. The molecule has 3 aromatic heterocycles.